The molecule has 1 amide bonds. The van der Waals surface area contributed by atoms with Crippen molar-refractivity contribution >= 4 is 53.9 Å². The van der Waals surface area contributed by atoms with Crippen LogP contribution in [0.15, 0.2) is 0 Å². The fraction of sp³-hybridized carbons (Fsp3) is 0.857. The largest absolute Gasteiger partial charge is 0.447 e. The molecule has 1 saturated heterocycles. The van der Waals surface area contributed by atoms with E-state index >= 15 is 0 Å². The highest BCUT2D eigenvalue weighted by molar-refractivity contribution is 9.39. The minimum atomic E-state index is -4.83. The van der Waals surface area contributed by atoms with Gasteiger partial charge in [-0.15, -0.1) is 0 Å². The van der Waals surface area contributed by atoms with Gasteiger partial charge in [-0.3, -0.25) is 0 Å². The molecule has 1 aliphatic heterocycles. The van der Waals surface area contributed by atoms with Gasteiger partial charge in [-0.2, -0.15) is 13.2 Å². The highest BCUT2D eigenvalue weighted by atomic mass is 80.0. The molecule has 2 unspecified atom stereocenters. The van der Waals surface area contributed by atoms with E-state index < -0.39 is 39.5 Å². The van der Waals surface area contributed by atoms with Crippen LogP contribution in [0.1, 0.15) is 0 Å². The van der Waals surface area contributed by atoms with Crippen LogP contribution in [0.2, 0.25) is 0 Å². The summed E-state index contributed by atoms with van der Waals surface area (Å²) in [6.45, 7) is -0.840. The molecule has 18 heavy (non-hydrogen) atoms. The molecule has 1 fully saturated rings. The summed E-state index contributed by atoms with van der Waals surface area (Å²) in [5, 5.41) is 0. The molecule has 0 aromatic carbocycles. The number of hydrogen-bond acceptors (Lipinski definition) is 4. The molecule has 5 nitrogen and oxygen atoms in total. The van der Waals surface area contributed by atoms with Crippen LogP contribution in [-0.4, -0.2) is 39.5 Å². The van der Waals surface area contributed by atoms with Crippen LogP contribution < -0.4 is 5.73 Å². The summed E-state index contributed by atoms with van der Waals surface area (Å²) in [4.78, 5) is 10.4. The maximum atomic E-state index is 13.0. The Morgan fingerprint density at radius 1 is 1.44 bits per heavy atom. The van der Waals surface area contributed by atoms with Crippen molar-refractivity contribution in [1.82, 2.24) is 0 Å². The van der Waals surface area contributed by atoms with Crippen molar-refractivity contribution in [3.63, 3.8) is 0 Å². The van der Waals surface area contributed by atoms with Crippen molar-refractivity contribution in [2.75, 3.05) is 13.2 Å². The molecule has 0 aliphatic carbocycles. The molecule has 11 heteroatoms. The molecule has 0 spiro atoms. The summed E-state index contributed by atoms with van der Waals surface area (Å²) in [7, 11) is 0. The SMILES string of the molecule is NC(=O)OCC1COC(C(F)(F)F)(C(Br)(Br)Br)O1. The smallest absolute Gasteiger partial charge is 0.446 e. The Balaban J connectivity index is 2.83. The van der Waals surface area contributed by atoms with E-state index in [1.807, 2.05) is 0 Å². The minimum Gasteiger partial charge on any atom is -0.447 e. The Morgan fingerprint density at radius 3 is 2.33 bits per heavy atom. The number of primary amides is 1. The third-order valence-corrected chi connectivity index (χ3v) is 3.53. The topological polar surface area (TPSA) is 70.8 Å². The number of halogens is 6. The normalized spacial score (nSPS) is 29.3. The lowest BCUT2D eigenvalue weighted by atomic mass is 10.3. The highest BCUT2D eigenvalue weighted by Gasteiger charge is 2.71. The first kappa shape index (κ1) is 16.5. The van der Waals surface area contributed by atoms with Crippen LogP contribution in [0.3, 0.4) is 0 Å². The van der Waals surface area contributed by atoms with Gasteiger partial charge in [0, 0.05) is 0 Å². The zero-order valence-electron chi connectivity index (χ0n) is 8.47. The van der Waals surface area contributed by atoms with Crippen molar-refractivity contribution in [3.05, 3.63) is 0 Å². The molecule has 1 rings (SSSR count). The number of alkyl halides is 6. The molecule has 1 aliphatic rings. The van der Waals surface area contributed by atoms with E-state index in [0.29, 0.717) is 0 Å². The van der Waals surface area contributed by atoms with Crippen LogP contribution in [0.4, 0.5) is 18.0 Å². The Kier molecular flexibility index (Phi) is 4.97. The molecule has 2 N–H and O–H groups in total. The average molecular weight is 466 g/mol. The maximum Gasteiger partial charge on any atom is 0.446 e. The quantitative estimate of drug-likeness (QED) is 0.636. The molecule has 0 bridgehead atoms. The number of carbonyl (C=O) groups excluding carboxylic acids is 1. The monoisotopic (exact) mass is 463 g/mol. The van der Waals surface area contributed by atoms with Crippen molar-refractivity contribution in [2.24, 2.45) is 5.73 Å². The first-order valence-electron chi connectivity index (χ1n) is 4.37. The standard InChI is InChI=1S/C7H7Br3F3NO4/c8-6(9,10)5(7(11,12)13)17-2-3(18-5)1-16-4(14)15/h3H,1-2H2,(H2,14,15). The number of carbonyl (C=O) groups is 1. The molecule has 2 atom stereocenters. The molecule has 0 saturated carbocycles. The second-order valence-corrected chi connectivity index (χ2v) is 10.1. The summed E-state index contributed by atoms with van der Waals surface area (Å²) in [6.07, 6.45) is -7.01. The highest BCUT2D eigenvalue weighted by Crippen LogP contribution is 2.56. The molecule has 0 radical (unpaired) electrons. The molecular weight excluding hydrogens is 459 g/mol. The van der Waals surface area contributed by atoms with Gasteiger partial charge >= 0.3 is 18.1 Å². The van der Waals surface area contributed by atoms with Crippen LogP contribution in [0.5, 0.6) is 0 Å². The Bertz CT molecular complexity index is 319. The first-order chi connectivity index (χ1) is 7.99. The van der Waals surface area contributed by atoms with E-state index in [1.165, 1.54) is 0 Å². The number of hydrogen-bond donors (Lipinski definition) is 1. The van der Waals surface area contributed by atoms with E-state index in [1.54, 1.807) is 0 Å². The zero-order chi connectivity index (χ0) is 14.2. The van der Waals surface area contributed by atoms with Crippen LogP contribution >= 0.6 is 47.8 Å². The summed E-state index contributed by atoms with van der Waals surface area (Å²) in [6, 6.07) is 0. The molecule has 1 heterocycles. The summed E-state index contributed by atoms with van der Waals surface area (Å²) < 4.78 is 51.0. The fourth-order valence-electron chi connectivity index (χ4n) is 1.23. The van der Waals surface area contributed by atoms with Crippen molar-refractivity contribution in [3.8, 4) is 0 Å². The van der Waals surface area contributed by atoms with Gasteiger partial charge in [-0.25, -0.2) is 4.79 Å². The molecule has 0 aromatic rings. The van der Waals surface area contributed by atoms with Gasteiger partial charge in [-0.05, 0) is 0 Å². The first-order valence-corrected chi connectivity index (χ1v) is 6.75. The van der Waals surface area contributed by atoms with Gasteiger partial charge in [0.2, 0.25) is 0 Å². The van der Waals surface area contributed by atoms with E-state index in [9.17, 15) is 18.0 Å². The van der Waals surface area contributed by atoms with Crippen LogP contribution in [-0.2, 0) is 14.2 Å². The van der Waals surface area contributed by atoms with Gasteiger partial charge in [-0.1, -0.05) is 47.8 Å². The third kappa shape index (κ3) is 3.30. The number of amides is 1. The third-order valence-electron chi connectivity index (χ3n) is 1.96. The predicted octanol–water partition coefficient (Wildman–Crippen LogP) is 2.59. The van der Waals surface area contributed by atoms with E-state index in [4.69, 9.17) is 15.2 Å². The number of nitrogens with two attached hydrogens (primary N) is 1. The van der Waals surface area contributed by atoms with E-state index in [2.05, 4.69) is 52.5 Å². The van der Waals surface area contributed by atoms with Crippen molar-refractivity contribution in [2.45, 2.75) is 20.2 Å². The summed E-state index contributed by atoms with van der Waals surface area (Å²) in [5.41, 5.74) is 4.70. The van der Waals surface area contributed by atoms with Gasteiger partial charge in [0.25, 0.3) is 0 Å². The molecular formula is C7H7Br3F3NO4. The van der Waals surface area contributed by atoms with Gasteiger partial charge < -0.3 is 19.9 Å². The fourth-order valence-corrected chi connectivity index (χ4v) is 2.53. The summed E-state index contributed by atoms with van der Waals surface area (Å²) >= 11 is 8.21. The maximum absolute atomic E-state index is 13.0. The Labute approximate surface area is 125 Å². The predicted molar refractivity (Wildman–Crippen MR) is 64.7 cm³/mol. The number of rotatable bonds is 2. The second-order valence-electron chi connectivity index (χ2n) is 3.29. The Morgan fingerprint density at radius 2 is 2.00 bits per heavy atom. The van der Waals surface area contributed by atoms with Crippen LogP contribution in [0.25, 0.3) is 0 Å². The number of ether oxygens (including phenoxy) is 3. The average Bonchev–Trinajstić information content (AvgIpc) is 2.57. The van der Waals surface area contributed by atoms with Crippen molar-refractivity contribution < 1.29 is 32.2 Å². The van der Waals surface area contributed by atoms with Crippen LogP contribution in [0, 0.1) is 0 Å². The summed E-state index contributed by atoms with van der Waals surface area (Å²) in [5.74, 6) is -2.95. The van der Waals surface area contributed by atoms with Gasteiger partial charge in [0.15, 0.2) is 2.14 Å². The lowest BCUT2D eigenvalue weighted by Gasteiger charge is -2.36. The zero-order valence-corrected chi connectivity index (χ0v) is 13.2. The van der Waals surface area contributed by atoms with Crippen molar-refractivity contribution in [1.29, 1.82) is 0 Å². The van der Waals surface area contributed by atoms with E-state index in [0.717, 1.165) is 0 Å². The lowest BCUT2D eigenvalue weighted by Crippen LogP contribution is -2.56. The minimum absolute atomic E-state index is 0.405. The van der Waals surface area contributed by atoms with Gasteiger partial charge in [0.05, 0.1) is 6.61 Å². The van der Waals surface area contributed by atoms with Gasteiger partial charge in [0.1, 0.15) is 12.7 Å². The lowest BCUT2D eigenvalue weighted by molar-refractivity contribution is -0.341. The second kappa shape index (κ2) is 5.43. The van der Waals surface area contributed by atoms with E-state index in [-0.39, 0.29) is 0 Å². The Hall–Kier alpha value is 0.420. The molecule has 106 valence electrons. The molecule has 0 aromatic heterocycles.